The van der Waals surface area contributed by atoms with Gasteiger partial charge in [0.1, 0.15) is 0 Å². The molecular weight excluding hydrogens is 366 g/mol. The van der Waals surface area contributed by atoms with Crippen LogP contribution in [0.2, 0.25) is 0 Å². The van der Waals surface area contributed by atoms with Gasteiger partial charge in [0.2, 0.25) is 0 Å². The Morgan fingerprint density at radius 3 is 2.32 bits per heavy atom. The summed E-state index contributed by atoms with van der Waals surface area (Å²) in [5.74, 6) is 0.810. The average molecular weight is 391 g/mol. The predicted octanol–water partition coefficient (Wildman–Crippen LogP) is 6.08. The van der Waals surface area contributed by atoms with Gasteiger partial charge in [0.25, 0.3) is 0 Å². The van der Waals surface area contributed by atoms with E-state index in [1.807, 2.05) is 0 Å². The van der Waals surface area contributed by atoms with Gasteiger partial charge in [-0.15, -0.1) is 0 Å². The SMILES string of the molecule is CC(C)CCCC(C)NC(C)c1ccc(Br)cc1Br. The predicted molar refractivity (Wildman–Crippen MR) is 91.5 cm³/mol. The van der Waals surface area contributed by atoms with Gasteiger partial charge in [0, 0.05) is 21.0 Å². The summed E-state index contributed by atoms with van der Waals surface area (Å²) in [4.78, 5) is 0. The molecule has 0 saturated carbocycles. The smallest absolute Gasteiger partial charge is 0.0305 e. The lowest BCUT2D eigenvalue weighted by atomic mass is 10.0. The van der Waals surface area contributed by atoms with Crippen LogP contribution in [0.4, 0.5) is 0 Å². The summed E-state index contributed by atoms with van der Waals surface area (Å²) in [5, 5.41) is 3.68. The van der Waals surface area contributed by atoms with Crippen LogP contribution in [0.25, 0.3) is 0 Å². The first kappa shape index (κ1) is 17.2. The fraction of sp³-hybridized carbons (Fsp3) is 0.625. The van der Waals surface area contributed by atoms with Crippen LogP contribution in [0.1, 0.15) is 58.6 Å². The van der Waals surface area contributed by atoms with E-state index in [1.54, 1.807) is 0 Å². The van der Waals surface area contributed by atoms with E-state index >= 15 is 0 Å². The van der Waals surface area contributed by atoms with Crippen molar-refractivity contribution < 1.29 is 0 Å². The van der Waals surface area contributed by atoms with Crippen LogP contribution in [-0.4, -0.2) is 6.04 Å². The summed E-state index contributed by atoms with van der Waals surface area (Å²) in [6, 6.07) is 7.31. The van der Waals surface area contributed by atoms with Crippen LogP contribution in [-0.2, 0) is 0 Å². The number of halogens is 2. The van der Waals surface area contributed by atoms with Crippen molar-refractivity contribution in [2.45, 2.75) is 59.0 Å². The van der Waals surface area contributed by atoms with Crippen molar-refractivity contribution in [3.63, 3.8) is 0 Å². The summed E-state index contributed by atoms with van der Waals surface area (Å²) < 4.78 is 2.27. The van der Waals surface area contributed by atoms with Gasteiger partial charge in [-0.05, 0) is 43.9 Å². The minimum atomic E-state index is 0.372. The molecule has 0 aliphatic heterocycles. The monoisotopic (exact) mass is 389 g/mol. The Morgan fingerprint density at radius 1 is 1.05 bits per heavy atom. The first-order valence-corrected chi connectivity index (χ1v) is 8.69. The Morgan fingerprint density at radius 2 is 1.74 bits per heavy atom. The number of hydrogen-bond donors (Lipinski definition) is 1. The Bertz CT molecular complexity index is 390. The van der Waals surface area contributed by atoms with Crippen molar-refractivity contribution in [3.8, 4) is 0 Å². The third-order valence-electron chi connectivity index (χ3n) is 3.38. The van der Waals surface area contributed by atoms with Gasteiger partial charge in [-0.3, -0.25) is 0 Å². The van der Waals surface area contributed by atoms with Gasteiger partial charge in [-0.1, -0.05) is 64.6 Å². The molecule has 1 aromatic rings. The quantitative estimate of drug-likeness (QED) is 0.594. The van der Waals surface area contributed by atoms with Gasteiger partial charge in [-0.25, -0.2) is 0 Å². The zero-order valence-corrected chi connectivity index (χ0v) is 15.5. The second kappa shape index (κ2) is 8.43. The maximum atomic E-state index is 3.68. The molecule has 0 amide bonds. The Hall–Kier alpha value is 0.140. The summed E-state index contributed by atoms with van der Waals surface area (Å²) in [5.41, 5.74) is 1.32. The molecule has 0 radical (unpaired) electrons. The molecule has 1 aromatic carbocycles. The topological polar surface area (TPSA) is 12.0 Å². The second-order valence-corrected chi connectivity index (χ2v) is 7.55. The molecule has 108 valence electrons. The maximum absolute atomic E-state index is 3.68. The molecule has 1 rings (SSSR count). The fourth-order valence-corrected chi connectivity index (χ4v) is 3.68. The van der Waals surface area contributed by atoms with Crippen LogP contribution < -0.4 is 5.32 Å². The maximum Gasteiger partial charge on any atom is 0.0305 e. The first-order valence-electron chi connectivity index (χ1n) is 7.11. The molecule has 0 fully saturated rings. The zero-order chi connectivity index (χ0) is 14.4. The highest BCUT2D eigenvalue weighted by atomic mass is 79.9. The first-order chi connectivity index (χ1) is 8.90. The van der Waals surface area contributed by atoms with E-state index in [2.05, 4.69) is 83.1 Å². The molecule has 0 saturated heterocycles. The highest BCUT2D eigenvalue weighted by Crippen LogP contribution is 2.27. The molecule has 1 N–H and O–H groups in total. The highest BCUT2D eigenvalue weighted by Gasteiger charge is 2.12. The van der Waals surface area contributed by atoms with E-state index in [0.29, 0.717) is 12.1 Å². The Kier molecular flexibility index (Phi) is 7.63. The van der Waals surface area contributed by atoms with Crippen LogP contribution in [0, 0.1) is 5.92 Å². The third kappa shape index (κ3) is 6.42. The van der Waals surface area contributed by atoms with E-state index in [-0.39, 0.29) is 0 Å². The van der Waals surface area contributed by atoms with Gasteiger partial charge >= 0.3 is 0 Å². The lowest BCUT2D eigenvalue weighted by Crippen LogP contribution is -2.29. The molecule has 0 aliphatic carbocycles. The molecule has 1 nitrogen and oxygen atoms in total. The van der Waals surface area contributed by atoms with Crippen LogP contribution in [0.15, 0.2) is 27.1 Å². The van der Waals surface area contributed by atoms with Gasteiger partial charge in [-0.2, -0.15) is 0 Å². The van der Waals surface area contributed by atoms with Crippen molar-refractivity contribution in [1.29, 1.82) is 0 Å². The standard InChI is InChI=1S/C16H25Br2N/c1-11(2)6-5-7-12(3)19-13(4)15-9-8-14(17)10-16(15)18/h8-13,19H,5-7H2,1-4H3. The second-order valence-electron chi connectivity index (χ2n) is 5.78. The van der Waals surface area contributed by atoms with Crippen LogP contribution in [0.3, 0.4) is 0 Å². The van der Waals surface area contributed by atoms with E-state index in [0.717, 1.165) is 14.9 Å². The number of nitrogens with one attached hydrogen (secondary N) is 1. The molecular formula is C16H25Br2N. The summed E-state index contributed by atoms with van der Waals surface area (Å²) in [7, 11) is 0. The van der Waals surface area contributed by atoms with E-state index in [9.17, 15) is 0 Å². The summed E-state index contributed by atoms with van der Waals surface area (Å²) in [6.07, 6.45) is 3.87. The van der Waals surface area contributed by atoms with Crippen molar-refractivity contribution in [2.24, 2.45) is 5.92 Å². The van der Waals surface area contributed by atoms with Crippen LogP contribution >= 0.6 is 31.9 Å². The number of benzene rings is 1. The van der Waals surface area contributed by atoms with Gasteiger partial charge in [0.15, 0.2) is 0 Å². The highest BCUT2D eigenvalue weighted by molar-refractivity contribution is 9.11. The number of rotatable bonds is 7. The van der Waals surface area contributed by atoms with Crippen molar-refractivity contribution in [2.75, 3.05) is 0 Å². The Labute approximate surface area is 134 Å². The van der Waals surface area contributed by atoms with Crippen molar-refractivity contribution >= 4 is 31.9 Å². The largest absolute Gasteiger partial charge is 0.308 e. The minimum Gasteiger partial charge on any atom is -0.308 e. The van der Waals surface area contributed by atoms with E-state index in [4.69, 9.17) is 0 Å². The lowest BCUT2D eigenvalue weighted by molar-refractivity contribution is 0.423. The number of hydrogen-bond acceptors (Lipinski definition) is 1. The summed E-state index contributed by atoms with van der Waals surface area (Å²) >= 11 is 7.13. The molecule has 0 aromatic heterocycles. The normalized spacial score (nSPS) is 14.7. The molecule has 0 spiro atoms. The van der Waals surface area contributed by atoms with E-state index < -0.39 is 0 Å². The third-order valence-corrected chi connectivity index (χ3v) is 4.56. The van der Waals surface area contributed by atoms with Crippen molar-refractivity contribution in [3.05, 3.63) is 32.7 Å². The minimum absolute atomic E-state index is 0.372. The van der Waals surface area contributed by atoms with Crippen LogP contribution in [0.5, 0.6) is 0 Å². The molecule has 0 bridgehead atoms. The molecule has 19 heavy (non-hydrogen) atoms. The van der Waals surface area contributed by atoms with Gasteiger partial charge in [0.05, 0.1) is 0 Å². The lowest BCUT2D eigenvalue weighted by Gasteiger charge is -2.21. The summed E-state index contributed by atoms with van der Waals surface area (Å²) in [6.45, 7) is 9.09. The molecule has 0 aliphatic rings. The average Bonchev–Trinajstić information content (AvgIpc) is 2.27. The van der Waals surface area contributed by atoms with Crippen molar-refractivity contribution in [1.82, 2.24) is 5.32 Å². The molecule has 3 heteroatoms. The fourth-order valence-electron chi connectivity index (χ4n) is 2.28. The molecule has 2 atom stereocenters. The van der Waals surface area contributed by atoms with Gasteiger partial charge < -0.3 is 5.32 Å². The Balaban J connectivity index is 2.47. The zero-order valence-electron chi connectivity index (χ0n) is 12.3. The van der Waals surface area contributed by atoms with E-state index in [1.165, 1.54) is 24.8 Å². The molecule has 2 unspecified atom stereocenters. The molecule has 0 heterocycles.